The largest absolute Gasteiger partial charge is 0.342 e. The van der Waals surface area contributed by atoms with Gasteiger partial charge < -0.3 is 15.1 Å². The molecule has 2 saturated heterocycles. The van der Waals surface area contributed by atoms with Gasteiger partial charge in [-0.1, -0.05) is 24.6 Å². The lowest BCUT2D eigenvalue weighted by molar-refractivity contribution is -0.152. The van der Waals surface area contributed by atoms with Gasteiger partial charge in [-0.2, -0.15) is 0 Å². The predicted octanol–water partition coefficient (Wildman–Crippen LogP) is 0.556. The molecular weight excluding hydrogens is 294 g/mol. The van der Waals surface area contributed by atoms with Crippen LogP contribution in [-0.4, -0.2) is 59.2 Å². The summed E-state index contributed by atoms with van der Waals surface area (Å²) in [7, 11) is 0. The molecule has 1 aromatic rings. The molecule has 6 nitrogen and oxygen atoms in total. The molecule has 2 atom stereocenters. The molecule has 2 heterocycles. The summed E-state index contributed by atoms with van der Waals surface area (Å²) in [6.45, 7) is 4.93. The van der Waals surface area contributed by atoms with E-state index in [0.29, 0.717) is 25.1 Å². The van der Waals surface area contributed by atoms with E-state index < -0.39 is 12.1 Å². The van der Waals surface area contributed by atoms with Crippen molar-refractivity contribution in [2.75, 3.05) is 19.6 Å². The fourth-order valence-corrected chi connectivity index (χ4v) is 3.22. The Kier molecular flexibility index (Phi) is 4.07. The molecule has 23 heavy (non-hydrogen) atoms. The number of aryl methyl sites for hydroxylation is 1. The number of benzene rings is 1. The monoisotopic (exact) mass is 315 g/mol. The smallest absolute Gasteiger partial charge is 0.254 e. The minimum atomic E-state index is -0.576. The highest BCUT2D eigenvalue weighted by atomic mass is 16.2. The molecule has 2 aliphatic rings. The lowest BCUT2D eigenvalue weighted by Gasteiger charge is -2.45. The molecular formula is C17H21N3O3. The standard InChI is InChI=1S/C17H21N3O3/c1-3-13-17(23)20-8-7-19(10-14(20)15(21)18-13)16(22)12-6-4-5-11(2)9-12/h4-6,9,13-14H,3,7-8,10H2,1-2H3,(H,18,21)/t13-,14+/m0/s1. The van der Waals surface area contributed by atoms with Crippen molar-refractivity contribution in [3.05, 3.63) is 35.4 Å². The number of rotatable bonds is 2. The van der Waals surface area contributed by atoms with Crippen molar-refractivity contribution in [1.29, 1.82) is 0 Å². The van der Waals surface area contributed by atoms with Crippen LogP contribution in [0, 0.1) is 6.92 Å². The lowest BCUT2D eigenvalue weighted by atomic mass is 10.0. The Balaban J connectivity index is 1.76. The van der Waals surface area contributed by atoms with Gasteiger partial charge in [-0.3, -0.25) is 14.4 Å². The van der Waals surface area contributed by atoms with E-state index in [1.54, 1.807) is 15.9 Å². The first-order valence-corrected chi connectivity index (χ1v) is 7.98. The van der Waals surface area contributed by atoms with Gasteiger partial charge in [0.25, 0.3) is 5.91 Å². The molecule has 0 bridgehead atoms. The normalized spacial score (nSPS) is 24.3. The lowest BCUT2D eigenvalue weighted by Crippen LogP contribution is -2.69. The van der Waals surface area contributed by atoms with Crippen LogP contribution in [0.2, 0.25) is 0 Å². The van der Waals surface area contributed by atoms with Gasteiger partial charge >= 0.3 is 0 Å². The Morgan fingerprint density at radius 1 is 1.30 bits per heavy atom. The molecule has 0 radical (unpaired) electrons. The van der Waals surface area contributed by atoms with Crippen molar-refractivity contribution >= 4 is 17.7 Å². The molecule has 0 aromatic heterocycles. The van der Waals surface area contributed by atoms with Crippen LogP contribution >= 0.6 is 0 Å². The van der Waals surface area contributed by atoms with Crippen LogP contribution in [-0.2, 0) is 9.59 Å². The first kappa shape index (κ1) is 15.5. The fourth-order valence-electron chi connectivity index (χ4n) is 3.22. The van der Waals surface area contributed by atoms with Gasteiger partial charge in [0.05, 0.1) is 6.54 Å². The molecule has 3 amide bonds. The fraction of sp³-hybridized carbons (Fsp3) is 0.471. The molecule has 1 aromatic carbocycles. The second-order valence-electron chi connectivity index (χ2n) is 6.14. The summed E-state index contributed by atoms with van der Waals surface area (Å²) in [5.41, 5.74) is 1.64. The molecule has 1 N–H and O–H groups in total. The molecule has 0 aliphatic carbocycles. The number of carbonyl (C=O) groups is 3. The maximum atomic E-state index is 12.6. The van der Waals surface area contributed by atoms with Crippen LogP contribution in [0.3, 0.4) is 0 Å². The molecule has 3 rings (SSSR count). The van der Waals surface area contributed by atoms with Crippen LogP contribution in [0.15, 0.2) is 24.3 Å². The number of amides is 3. The van der Waals surface area contributed by atoms with Crippen molar-refractivity contribution in [3.8, 4) is 0 Å². The van der Waals surface area contributed by atoms with E-state index in [2.05, 4.69) is 5.32 Å². The van der Waals surface area contributed by atoms with Gasteiger partial charge in [0, 0.05) is 18.7 Å². The highest BCUT2D eigenvalue weighted by Crippen LogP contribution is 2.19. The minimum Gasteiger partial charge on any atom is -0.342 e. The number of hydrogen-bond acceptors (Lipinski definition) is 3. The minimum absolute atomic E-state index is 0.0419. The highest BCUT2D eigenvalue weighted by Gasteiger charge is 2.43. The van der Waals surface area contributed by atoms with Gasteiger partial charge in [0.2, 0.25) is 11.8 Å². The number of nitrogens with one attached hydrogen (secondary N) is 1. The highest BCUT2D eigenvalue weighted by molar-refractivity contribution is 5.99. The average molecular weight is 315 g/mol. The van der Waals surface area contributed by atoms with Crippen molar-refractivity contribution in [2.24, 2.45) is 0 Å². The van der Waals surface area contributed by atoms with E-state index in [0.717, 1.165) is 5.56 Å². The third kappa shape index (κ3) is 2.81. The number of fused-ring (bicyclic) bond motifs is 1. The van der Waals surface area contributed by atoms with Crippen molar-refractivity contribution in [2.45, 2.75) is 32.4 Å². The number of hydrogen-bond donors (Lipinski definition) is 1. The molecule has 122 valence electrons. The van der Waals surface area contributed by atoms with Gasteiger partial charge in [-0.05, 0) is 25.5 Å². The second-order valence-corrected chi connectivity index (χ2v) is 6.14. The average Bonchev–Trinajstić information content (AvgIpc) is 2.57. The molecule has 0 spiro atoms. The summed E-state index contributed by atoms with van der Waals surface area (Å²) in [6, 6.07) is 6.40. The van der Waals surface area contributed by atoms with Crippen molar-refractivity contribution in [1.82, 2.24) is 15.1 Å². The molecule has 6 heteroatoms. The molecule has 2 aliphatic heterocycles. The van der Waals surface area contributed by atoms with E-state index in [1.807, 2.05) is 32.0 Å². The summed E-state index contributed by atoms with van der Waals surface area (Å²) < 4.78 is 0. The first-order chi connectivity index (χ1) is 11.0. The topological polar surface area (TPSA) is 69.7 Å². The summed E-state index contributed by atoms with van der Waals surface area (Å²) >= 11 is 0. The van der Waals surface area contributed by atoms with Crippen molar-refractivity contribution in [3.63, 3.8) is 0 Å². The van der Waals surface area contributed by atoms with Crippen LogP contribution < -0.4 is 5.32 Å². The SMILES string of the molecule is CC[C@@H]1NC(=O)[C@H]2CN(C(=O)c3cccc(C)c3)CCN2C1=O. The van der Waals surface area contributed by atoms with E-state index in [-0.39, 0.29) is 24.3 Å². The number of carbonyl (C=O) groups excluding carboxylic acids is 3. The van der Waals surface area contributed by atoms with E-state index in [9.17, 15) is 14.4 Å². The Bertz CT molecular complexity index is 658. The Morgan fingerprint density at radius 3 is 2.78 bits per heavy atom. The summed E-state index contributed by atoms with van der Waals surface area (Å²) in [4.78, 5) is 40.5. The third-order valence-electron chi connectivity index (χ3n) is 4.54. The van der Waals surface area contributed by atoms with Gasteiger partial charge in [-0.25, -0.2) is 0 Å². The zero-order valence-electron chi connectivity index (χ0n) is 13.4. The van der Waals surface area contributed by atoms with E-state index in [4.69, 9.17) is 0 Å². The van der Waals surface area contributed by atoms with E-state index >= 15 is 0 Å². The Hall–Kier alpha value is -2.37. The Labute approximate surface area is 135 Å². The predicted molar refractivity (Wildman–Crippen MR) is 84.8 cm³/mol. The van der Waals surface area contributed by atoms with Crippen LogP contribution in [0.4, 0.5) is 0 Å². The number of piperazine rings is 2. The molecule has 0 saturated carbocycles. The summed E-state index contributed by atoms with van der Waals surface area (Å²) in [5.74, 6) is -0.302. The number of nitrogens with zero attached hydrogens (tertiary/aromatic N) is 2. The quantitative estimate of drug-likeness (QED) is 0.867. The van der Waals surface area contributed by atoms with E-state index in [1.165, 1.54) is 0 Å². The van der Waals surface area contributed by atoms with Crippen molar-refractivity contribution < 1.29 is 14.4 Å². The second kappa shape index (κ2) is 6.02. The first-order valence-electron chi connectivity index (χ1n) is 7.98. The molecule has 2 fully saturated rings. The maximum Gasteiger partial charge on any atom is 0.254 e. The Morgan fingerprint density at radius 2 is 2.09 bits per heavy atom. The van der Waals surface area contributed by atoms with Crippen LogP contribution in [0.1, 0.15) is 29.3 Å². The summed E-state index contributed by atoms with van der Waals surface area (Å²) in [5, 5.41) is 2.76. The molecule has 0 unspecified atom stereocenters. The maximum absolute atomic E-state index is 12.6. The van der Waals surface area contributed by atoms with Gasteiger partial charge in [0.1, 0.15) is 12.1 Å². The van der Waals surface area contributed by atoms with Crippen LogP contribution in [0.5, 0.6) is 0 Å². The summed E-state index contributed by atoms with van der Waals surface area (Å²) in [6.07, 6.45) is 0.583. The zero-order valence-corrected chi connectivity index (χ0v) is 13.4. The van der Waals surface area contributed by atoms with Gasteiger partial charge in [-0.15, -0.1) is 0 Å². The zero-order chi connectivity index (χ0) is 16.6. The third-order valence-corrected chi connectivity index (χ3v) is 4.54. The van der Waals surface area contributed by atoms with Crippen LogP contribution in [0.25, 0.3) is 0 Å². The van der Waals surface area contributed by atoms with Gasteiger partial charge in [0.15, 0.2) is 0 Å².